The molecule has 1 saturated carbocycles. The van der Waals surface area contributed by atoms with Crippen molar-refractivity contribution < 1.29 is 14.6 Å². The molecule has 0 spiro atoms. The number of benzene rings is 2. The Kier molecular flexibility index (Phi) is 6.57. The van der Waals surface area contributed by atoms with Crippen LogP contribution >= 0.6 is 0 Å². The van der Waals surface area contributed by atoms with E-state index in [-0.39, 0.29) is 29.8 Å². The Hall–Kier alpha value is -3.25. The summed E-state index contributed by atoms with van der Waals surface area (Å²) in [6.07, 6.45) is 1.76. The van der Waals surface area contributed by atoms with Crippen molar-refractivity contribution >= 4 is 27.6 Å². The van der Waals surface area contributed by atoms with Gasteiger partial charge in [0.2, 0.25) is 12.3 Å². The summed E-state index contributed by atoms with van der Waals surface area (Å²) in [5.41, 5.74) is 1.00. The Balaban J connectivity index is 1.36. The van der Waals surface area contributed by atoms with Crippen molar-refractivity contribution in [2.75, 3.05) is 0 Å². The number of aliphatic hydroxyl groups is 1. The number of pyridine rings is 1. The number of piperidine rings is 1. The molecule has 2 fully saturated rings. The molecule has 2 aromatic carbocycles. The van der Waals surface area contributed by atoms with Crippen LogP contribution in [0, 0.1) is 17.2 Å². The van der Waals surface area contributed by atoms with E-state index < -0.39 is 24.1 Å². The summed E-state index contributed by atoms with van der Waals surface area (Å²) in [5.74, 6) is -0.141. The van der Waals surface area contributed by atoms with Gasteiger partial charge in [-0.05, 0) is 69.0 Å². The standard InChI is InChI=1S/C29H34N4O4/c1-29(2,3)37-28(36)33-20-11-10-18(15-20)25(33)26(34)31-19(16-30)13-17-9-12-21-22-7-5-6-8-24(22)32(4)27(35)23(21)14-17/h5-9,12,14,18-20,25,28,36H,10-11,13,15H2,1-4H3,(H,31,34). The second-order valence-corrected chi connectivity index (χ2v) is 11.3. The molecule has 1 saturated heterocycles. The van der Waals surface area contributed by atoms with E-state index in [0.29, 0.717) is 5.39 Å². The zero-order valence-corrected chi connectivity index (χ0v) is 21.8. The number of hydrogen-bond donors (Lipinski definition) is 2. The number of para-hydroxylation sites is 1. The second-order valence-electron chi connectivity index (χ2n) is 11.3. The molecule has 194 valence electrons. The SMILES string of the molecule is Cn1c(=O)c2cc(CC(C#N)NC(=O)C3C4CCC(C4)N3C(O)OC(C)(C)C)ccc2c2ccccc21. The average Bonchev–Trinajstić information content (AvgIpc) is 3.48. The van der Waals surface area contributed by atoms with Gasteiger partial charge >= 0.3 is 0 Å². The fourth-order valence-electron chi connectivity index (χ4n) is 6.10. The van der Waals surface area contributed by atoms with Crippen LogP contribution < -0.4 is 10.9 Å². The maximum atomic E-state index is 13.4. The van der Waals surface area contributed by atoms with Crippen molar-refractivity contribution in [2.24, 2.45) is 13.0 Å². The number of carbonyl (C=O) groups excluding carboxylic acids is 1. The molecule has 2 heterocycles. The summed E-state index contributed by atoms with van der Waals surface area (Å²) < 4.78 is 7.42. The number of ether oxygens (including phenoxy) is 1. The van der Waals surface area contributed by atoms with E-state index in [1.54, 1.807) is 16.5 Å². The van der Waals surface area contributed by atoms with E-state index in [1.807, 2.05) is 63.2 Å². The van der Waals surface area contributed by atoms with Crippen molar-refractivity contribution in [2.45, 2.75) is 76.6 Å². The number of rotatable bonds is 6. The fourth-order valence-corrected chi connectivity index (χ4v) is 6.10. The number of fused-ring (bicyclic) bond motifs is 5. The number of nitrogens with one attached hydrogen (secondary N) is 1. The zero-order chi connectivity index (χ0) is 26.5. The van der Waals surface area contributed by atoms with Crippen LogP contribution in [0.3, 0.4) is 0 Å². The number of nitrogens with zero attached hydrogens (tertiary/aromatic N) is 3. The first kappa shape index (κ1) is 25.4. The van der Waals surface area contributed by atoms with E-state index in [2.05, 4.69) is 11.4 Å². The summed E-state index contributed by atoms with van der Waals surface area (Å²) in [4.78, 5) is 28.2. The molecule has 5 unspecified atom stereocenters. The monoisotopic (exact) mass is 502 g/mol. The number of aryl methyl sites for hydroxylation is 1. The van der Waals surface area contributed by atoms with Crippen molar-refractivity contribution in [3.05, 3.63) is 58.4 Å². The van der Waals surface area contributed by atoms with Crippen LogP contribution in [0.5, 0.6) is 0 Å². The lowest BCUT2D eigenvalue weighted by Gasteiger charge is -2.39. The number of likely N-dealkylation sites (tertiary alicyclic amines) is 1. The number of amides is 1. The first-order valence-corrected chi connectivity index (χ1v) is 12.9. The summed E-state index contributed by atoms with van der Waals surface area (Å²) in [7, 11) is 1.76. The number of aliphatic hydroxyl groups excluding tert-OH is 1. The van der Waals surface area contributed by atoms with Gasteiger partial charge in [-0.15, -0.1) is 0 Å². The molecular weight excluding hydrogens is 468 g/mol. The number of hydrogen-bond acceptors (Lipinski definition) is 6. The molecule has 8 heteroatoms. The van der Waals surface area contributed by atoms with Gasteiger partial charge < -0.3 is 19.7 Å². The molecule has 37 heavy (non-hydrogen) atoms. The molecule has 5 rings (SSSR count). The van der Waals surface area contributed by atoms with E-state index in [0.717, 1.165) is 41.1 Å². The maximum Gasteiger partial charge on any atom is 0.258 e. The predicted molar refractivity (Wildman–Crippen MR) is 142 cm³/mol. The Labute approximate surface area is 216 Å². The third-order valence-corrected chi connectivity index (χ3v) is 7.70. The summed E-state index contributed by atoms with van der Waals surface area (Å²) in [6.45, 7) is 5.60. The van der Waals surface area contributed by atoms with Gasteiger partial charge in [0.15, 0.2) is 0 Å². The smallest absolute Gasteiger partial charge is 0.258 e. The van der Waals surface area contributed by atoms with Crippen LogP contribution in [0.4, 0.5) is 0 Å². The average molecular weight is 503 g/mol. The molecule has 2 aliphatic rings. The largest absolute Gasteiger partial charge is 0.356 e. The van der Waals surface area contributed by atoms with Crippen LogP contribution in [0.1, 0.15) is 45.6 Å². The van der Waals surface area contributed by atoms with Gasteiger partial charge in [0.05, 0.1) is 23.2 Å². The molecule has 2 N–H and O–H groups in total. The van der Waals surface area contributed by atoms with Gasteiger partial charge in [-0.25, -0.2) is 4.90 Å². The minimum atomic E-state index is -1.18. The van der Waals surface area contributed by atoms with Crippen LogP contribution in [0.25, 0.3) is 21.7 Å². The van der Waals surface area contributed by atoms with E-state index in [1.165, 1.54) is 0 Å². The van der Waals surface area contributed by atoms with Crippen molar-refractivity contribution in [1.82, 2.24) is 14.8 Å². The van der Waals surface area contributed by atoms with Crippen molar-refractivity contribution in [3.8, 4) is 6.07 Å². The highest BCUT2D eigenvalue weighted by Gasteiger charge is 2.52. The Morgan fingerprint density at radius 1 is 1.19 bits per heavy atom. The number of carbonyl (C=O) groups is 1. The first-order chi connectivity index (χ1) is 17.6. The highest BCUT2D eigenvalue weighted by Crippen LogP contribution is 2.44. The Morgan fingerprint density at radius 2 is 1.95 bits per heavy atom. The molecule has 1 amide bonds. The minimum absolute atomic E-state index is 0.0881. The van der Waals surface area contributed by atoms with Gasteiger partial charge in [-0.2, -0.15) is 5.26 Å². The highest BCUT2D eigenvalue weighted by atomic mass is 16.6. The second kappa shape index (κ2) is 9.56. The molecule has 8 nitrogen and oxygen atoms in total. The maximum absolute atomic E-state index is 13.4. The van der Waals surface area contributed by atoms with Crippen molar-refractivity contribution in [3.63, 3.8) is 0 Å². The first-order valence-electron chi connectivity index (χ1n) is 12.9. The normalized spacial score (nSPS) is 23.3. The molecule has 5 atom stereocenters. The highest BCUT2D eigenvalue weighted by molar-refractivity contribution is 6.05. The predicted octanol–water partition coefficient (Wildman–Crippen LogP) is 3.19. The Bertz CT molecular complexity index is 1450. The van der Waals surface area contributed by atoms with Crippen molar-refractivity contribution in [1.29, 1.82) is 5.26 Å². The van der Waals surface area contributed by atoms with Crippen LogP contribution in [-0.2, 0) is 23.0 Å². The summed E-state index contributed by atoms with van der Waals surface area (Å²) in [6, 6.07) is 14.4. The van der Waals surface area contributed by atoms with Crippen LogP contribution in [-0.4, -0.2) is 50.6 Å². The topological polar surface area (TPSA) is 108 Å². The lowest BCUT2D eigenvalue weighted by molar-refractivity contribution is -0.254. The van der Waals surface area contributed by atoms with Gasteiger partial charge in [-0.1, -0.05) is 30.3 Å². The van der Waals surface area contributed by atoms with Gasteiger partial charge in [0.25, 0.3) is 5.56 Å². The minimum Gasteiger partial charge on any atom is -0.356 e. The quantitative estimate of drug-likeness (QED) is 0.396. The van der Waals surface area contributed by atoms with E-state index in [9.17, 15) is 20.0 Å². The molecule has 3 aromatic rings. The van der Waals surface area contributed by atoms with E-state index >= 15 is 0 Å². The molecule has 0 radical (unpaired) electrons. The van der Waals surface area contributed by atoms with E-state index in [4.69, 9.17) is 4.74 Å². The molecule has 2 bridgehead atoms. The molecule has 1 aromatic heterocycles. The zero-order valence-electron chi connectivity index (χ0n) is 21.8. The lowest BCUT2D eigenvalue weighted by atomic mass is 9.96. The molecule has 1 aliphatic carbocycles. The van der Waals surface area contributed by atoms with Gasteiger partial charge in [0, 0.05) is 30.3 Å². The third kappa shape index (κ3) is 4.75. The van der Waals surface area contributed by atoms with Gasteiger partial charge in [0.1, 0.15) is 6.04 Å². The Morgan fingerprint density at radius 3 is 2.68 bits per heavy atom. The number of aromatic nitrogens is 1. The third-order valence-electron chi connectivity index (χ3n) is 7.70. The van der Waals surface area contributed by atoms with Crippen LogP contribution in [0.15, 0.2) is 47.3 Å². The summed E-state index contributed by atoms with van der Waals surface area (Å²) in [5, 5.41) is 26.0. The summed E-state index contributed by atoms with van der Waals surface area (Å²) >= 11 is 0. The lowest BCUT2D eigenvalue weighted by Crippen LogP contribution is -2.57. The molecule has 1 aliphatic heterocycles. The number of nitriles is 1. The molecular formula is C29H34N4O4. The van der Waals surface area contributed by atoms with Gasteiger partial charge in [-0.3, -0.25) is 9.59 Å². The fraction of sp³-hybridized carbons (Fsp3) is 0.483. The van der Waals surface area contributed by atoms with Crippen LogP contribution in [0.2, 0.25) is 0 Å².